The lowest BCUT2D eigenvalue weighted by molar-refractivity contribution is -0.107. The normalized spacial score (nSPS) is 9.25. The van der Waals surface area contributed by atoms with Crippen molar-refractivity contribution in [1.29, 1.82) is 0 Å². The Bertz CT molecular complexity index is 100. The van der Waals surface area contributed by atoms with E-state index in [9.17, 15) is 4.79 Å². The van der Waals surface area contributed by atoms with Crippen molar-refractivity contribution < 1.29 is 9.82 Å². The van der Waals surface area contributed by atoms with Crippen molar-refractivity contribution in [2.24, 2.45) is 0 Å². The number of hydrogen-bond acceptors (Lipinski definition) is 2. The number of hydrogen-bond donors (Lipinski definition) is 1. The van der Waals surface area contributed by atoms with Gasteiger partial charge in [-0.1, -0.05) is 6.08 Å². The SMILES string of the molecule is C/C=C/C(=O)[B][B]O. The molecule has 0 unspecified atom stereocenters. The van der Waals surface area contributed by atoms with Gasteiger partial charge in [0.25, 0.3) is 0 Å². The summed E-state index contributed by atoms with van der Waals surface area (Å²) in [4.78, 5) is 10.3. The van der Waals surface area contributed by atoms with E-state index in [2.05, 4.69) is 0 Å². The van der Waals surface area contributed by atoms with E-state index in [0.29, 0.717) is 0 Å². The molecule has 0 heterocycles. The van der Waals surface area contributed by atoms with Crippen molar-refractivity contribution in [3.05, 3.63) is 12.2 Å². The predicted octanol–water partition coefficient (Wildman–Crippen LogP) is -0.680. The van der Waals surface area contributed by atoms with Crippen LogP contribution in [0.1, 0.15) is 6.92 Å². The van der Waals surface area contributed by atoms with Gasteiger partial charge in [0.2, 0.25) is 14.5 Å². The van der Waals surface area contributed by atoms with Gasteiger partial charge >= 0.3 is 0 Å². The van der Waals surface area contributed by atoms with Gasteiger partial charge in [0.15, 0.2) is 0 Å². The van der Waals surface area contributed by atoms with Gasteiger partial charge in [0.05, 0.1) is 5.68 Å². The standard InChI is InChI=1S/C4H6B2O2/c1-2-3-4(7)5-6-8/h2-3,8H,1H3/b3-2+. The second-order valence-corrected chi connectivity index (χ2v) is 1.22. The minimum atomic E-state index is -0.199. The molecule has 0 saturated heterocycles. The van der Waals surface area contributed by atoms with Crippen LogP contribution < -0.4 is 0 Å². The van der Waals surface area contributed by atoms with E-state index >= 15 is 0 Å². The number of carbonyl (C=O) groups is 1. The lowest BCUT2D eigenvalue weighted by Gasteiger charge is -1.80. The van der Waals surface area contributed by atoms with Gasteiger partial charge in [0, 0.05) is 0 Å². The Balaban J connectivity index is 3.33. The molecule has 2 nitrogen and oxygen atoms in total. The molecule has 0 fully saturated rings. The van der Waals surface area contributed by atoms with Crippen molar-refractivity contribution in [2.75, 3.05) is 0 Å². The molecule has 0 aliphatic rings. The molecule has 0 atom stereocenters. The van der Waals surface area contributed by atoms with Crippen LogP contribution in [0.25, 0.3) is 0 Å². The molecular weight excluding hydrogens is 102 g/mol. The zero-order chi connectivity index (χ0) is 6.41. The van der Waals surface area contributed by atoms with Gasteiger partial charge in [-0.2, -0.15) is 0 Å². The molecule has 0 aliphatic carbocycles. The maximum Gasteiger partial charge on any atom is 0.247 e. The molecule has 0 bridgehead atoms. The molecule has 0 amide bonds. The molecule has 0 saturated carbocycles. The van der Waals surface area contributed by atoms with Crippen LogP contribution in [-0.2, 0) is 4.79 Å². The van der Waals surface area contributed by atoms with Crippen molar-refractivity contribution in [1.82, 2.24) is 0 Å². The zero-order valence-electron chi connectivity index (χ0n) is 4.66. The monoisotopic (exact) mass is 108 g/mol. The highest BCUT2D eigenvalue weighted by molar-refractivity contribution is 7.14. The molecule has 2 radical (unpaired) electrons. The second-order valence-electron chi connectivity index (χ2n) is 1.22. The summed E-state index contributed by atoms with van der Waals surface area (Å²) in [6.45, 7) is 1.74. The Kier molecular flexibility index (Phi) is 4.36. The number of rotatable bonds is 3. The Labute approximate surface area is 50.1 Å². The molecular formula is C4H6B2O2. The lowest BCUT2D eigenvalue weighted by Crippen LogP contribution is -2.12. The fourth-order valence-corrected chi connectivity index (χ4v) is 0.293. The highest BCUT2D eigenvalue weighted by Gasteiger charge is 1.95. The van der Waals surface area contributed by atoms with E-state index in [1.165, 1.54) is 6.08 Å². The van der Waals surface area contributed by atoms with Crippen molar-refractivity contribution in [2.45, 2.75) is 6.92 Å². The summed E-state index contributed by atoms with van der Waals surface area (Å²) >= 11 is 0. The predicted molar refractivity (Wildman–Crippen MR) is 33.5 cm³/mol. The largest absolute Gasteiger partial charge is 0.464 e. The van der Waals surface area contributed by atoms with Crippen molar-refractivity contribution >= 4 is 20.2 Å². The number of carbonyl (C=O) groups excluding carboxylic acids is 1. The summed E-state index contributed by atoms with van der Waals surface area (Å²) in [5.74, 6) is 0. The van der Waals surface area contributed by atoms with Crippen LogP contribution in [0.15, 0.2) is 12.2 Å². The van der Waals surface area contributed by atoms with Crippen LogP contribution in [0, 0.1) is 0 Å². The lowest BCUT2D eigenvalue weighted by atomic mass is 9.47. The van der Waals surface area contributed by atoms with E-state index in [-0.39, 0.29) is 5.68 Å². The first-order chi connectivity index (χ1) is 3.81. The van der Waals surface area contributed by atoms with Crippen LogP contribution in [-0.4, -0.2) is 25.3 Å². The summed E-state index contributed by atoms with van der Waals surface area (Å²) in [5, 5.41) is 8.03. The average molecular weight is 108 g/mol. The summed E-state index contributed by atoms with van der Waals surface area (Å²) < 4.78 is 0. The molecule has 0 aromatic carbocycles. The topological polar surface area (TPSA) is 37.3 Å². The van der Waals surface area contributed by atoms with E-state index in [1.807, 2.05) is 0 Å². The minimum absolute atomic E-state index is 0.199. The van der Waals surface area contributed by atoms with Crippen LogP contribution in [0.4, 0.5) is 0 Å². The molecule has 40 valence electrons. The third kappa shape index (κ3) is 3.68. The highest BCUT2D eigenvalue weighted by atomic mass is 16.2. The molecule has 8 heavy (non-hydrogen) atoms. The molecule has 0 rings (SSSR count). The first kappa shape index (κ1) is 7.50. The Morgan fingerprint density at radius 1 is 1.75 bits per heavy atom. The van der Waals surface area contributed by atoms with Crippen LogP contribution in [0.2, 0.25) is 0 Å². The third-order valence-corrected chi connectivity index (χ3v) is 0.570. The van der Waals surface area contributed by atoms with Gasteiger partial charge in [-0.15, -0.1) is 0 Å². The van der Waals surface area contributed by atoms with Crippen molar-refractivity contribution in [3.63, 3.8) is 0 Å². The van der Waals surface area contributed by atoms with Crippen molar-refractivity contribution in [3.8, 4) is 0 Å². The maximum absolute atomic E-state index is 10.3. The van der Waals surface area contributed by atoms with E-state index in [1.54, 1.807) is 13.0 Å². The highest BCUT2D eigenvalue weighted by Crippen LogP contribution is 1.70. The average Bonchev–Trinajstić information content (AvgIpc) is 1.68. The number of allylic oxidation sites excluding steroid dienone is 2. The summed E-state index contributed by atoms with van der Waals surface area (Å²) in [6.07, 6.45) is 2.98. The van der Waals surface area contributed by atoms with Crippen LogP contribution in [0.5, 0.6) is 0 Å². The summed E-state index contributed by atoms with van der Waals surface area (Å²) in [7, 11) is 1.81. The van der Waals surface area contributed by atoms with Gasteiger partial charge < -0.3 is 9.82 Å². The second kappa shape index (κ2) is 4.65. The Morgan fingerprint density at radius 3 is 2.75 bits per heavy atom. The first-order valence-electron chi connectivity index (χ1n) is 2.28. The third-order valence-electron chi connectivity index (χ3n) is 0.570. The summed E-state index contributed by atoms with van der Waals surface area (Å²) in [6, 6.07) is 0. The summed E-state index contributed by atoms with van der Waals surface area (Å²) in [5.41, 5.74) is -0.199. The fourth-order valence-electron chi connectivity index (χ4n) is 0.293. The molecule has 4 heteroatoms. The Hall–Kier alpha value is -0.500. The van der Waals surface area contributed by atoms with E-state index in [0.717, 1.165) is 14.5 Å². The minimum Gasteiger partial charge on any atom is -0.464 e. The van der Waals surface area contributed by atoms with Crippen LogP contribution in [0.3, 0.4) is 0 Å². The van der Waals surface area contributed by atoms with Gasteiger partial charge in [-0.05, 0) is 13.0 Å². The molecule has 0 aliphatic heterocycles. The van der Waals surface area contributed by atoms with Crippen LogP contribution >= 0.6 is 0 Å². The zero-order valence-corrected chi connectivity index (χ0v) is 4.66. The van der Waals surface area contributed by atoms with Gasteiger partial charge in [0.1, 0.15) is 0 Å². The maximum atomic E-state index is 10.3. The molecule has 1 N–H and O–H groups in total. The fraction of sp³-hybridized carbons (Fsp3) is 0.250. The smallest absolute Gasteiger partial charge is 0.247 e. The van der Waals surface area contributed by atoms with E-state index in [4.69, 9.17) is 5.02 Å². The first-order valence-corrected chi connectivity index (χ1v) is 2.28. The molecule has 0 aromatic rings. The molecule has 0 aromatic heterocycles. The van der Waals surface area contributed by atoms with E-state index < -0.39 is 0 Å². The van der Waals surface area contributed by atoms with Gasteiger partial charge in [-0.3, -0.25) is 0 Å². The quantitative estimate of drug-likeness (QED) is 0.384. The molecule has 0 spiro atoms. The Morgan fingerprint density at radius 2 is 2.38 bits per heavy atom. The van der Waals surface area contributed by atoms with Gasteiger partial charge in [-0.25, -0.2) is 0 Å².